The van der Waals surface area contributed by atoms with E-state index < -0.39 is 0 Å². The summed E-state index contributed by atoms with van der Waals surface area (Å²) < 4.78 is 12.3. The van der Waals surface area contributed by atoms with E-state index in [-0.39, 0.29) is 7.12 Å². The largest absolute Gasteiger partial charge is 0.457 e. The van der Waals surface area contributed by atoms with Crippen molar-refractivity contribution >= 4 is 7.12 Å². The first-order chi connectivity index (χ1) is 7.98. The molecular weight excluding hydrogens is 211 g/mol. The van der Waals surface area contributed by atoms with Gasteiger partial charge in [0.05, 0.1) is 12.2 Å². The minimum Gasteiger partial charge on any atom is -0.406 e. The normalized spacial score (nSPS) is 42.5. The van der Waals surface area contributed by atoms with Crippen molar-refractivity contribution in [3.8, 4) is 0 Å². The minimum atomic E-state index is 0.0857. The Labute approximate surface area is 106 Å². The number of hydrogen-bond acceptors (Lipinski definition) is 2. The molecule has 1 aliphatic heterocycles. The van der Waals surface area contributed by atoms with E-state index in [4.69, 9.17) is 9.31 Å². The van der Waals surface area contributed by atoms with Crippen molar-refractivity contribution in [1.82, 2.24) is 0 Å². The van der Waals surface area contributed by atoms with E-state index in [0.717, 1.165) is 24.1 Å². The summed E-state index contributed by atoms with van der Waals surface area (Å²) in [6.45, 7) is 9.35. The zero-order chi connectivity index (χ0) is 12.2. The van der Waals surface area contributed by atoms with E-state index in [0.29, 0.717) is 17.6 Å². The molecule has 4 fully saturated rings. The van der Waals surface area contributed by atoms with Crippen LogP contribution in [-0.4, -0.2) is 19.3 Å². The Balaban J connectivity index is 1.60. The summed E-state index contributed by atoms with van der Waals surface area (Å²) in [5.74, 6) is 2.37. The average molecular weight is 236 g/mol. The molecule has 0 radical (unpaired) electrons. The van der Waals surface area contributed by atoms with Gasteiger partial charge in [-0.2, -0.15) is 0 Å². The predicted octanol–water partition coefficient (Wildman–Crippen LogP) is 3.37. The second-order valence-corrected chi connectivity index (χ2v) is 7.27. The summed E-state index contributed by atoms with van der Waals surface area (Å²) in [4.78, 5) is 0. The predicted molar refractivity (Wildman–Crippen MR) is 69.8 cm³/mol. The van der Waals surface area contributed by atoms with E-state index in [1.807, 2.05) is 0 Å². The molecule has 0 unspecified atom stereocenters. The van der Waals surface area contributed by atoms with Crippen molar-refractivity contribution in [2.45, 2.75) is 65.5 Å². The fourth-order valence-corrected chi connectivity index (χ4v) is 4.01. The van der Waals surface area contributed by atoms with Gasteiger partial charge in [0.25, 0.3) is 0 Å². The molecule has 1 saturated heterocycles. The Hall–Kier alpha value is -0.0151. The number of rotatable bonds is 3. The summed E-state index contributed by atoms with van der Waals surface area (Å²) in [5.41, 5.74) is 0.497. The zero-order valence-corrected chi connectivity index (χ0v) is 11.6. The Bertz CT molecular complexity index is 303. The van der Waals surface area contributed by atoms with Crippen LogP contribution in [0.15, 0.2) is 0 Å². The van der Waals surface area contributed by atoms with Crippen molar-refractivity contribution in [1.29, 1.82) is 0 Å². The summed E-state index contributed by atoms with van der Waals surface area (Å²) in [5, 5.41) is 0. The van der Waals surface area contributed by atoms with E-state index in [1.165, 1.54) is 19.3 Å². The SMILES string of the molecule is CC(C)CCB1O[C@H]2[C@H]3C[C@@H](C[C@H]2O1)C3(C)C. The lowest BCUT2D eigenvalue weighted by molar-refractivity contribution is -0.150. The zero-order valence-electron chi connectivity index (χ0n) is 11.6. The molecule has 2 nitrogen and oxygen atoms in total. The molecule has 3 aliphatic carbocycles. The van der Waals surface area contributed by atoms with Gasteiger partial charge in [-0.25, -0.2) is 0 Å². The van der Waals surface area contributed by atoms with Crippen LogP contribution in [0.4, 0.5) is 0 Å². The quantitative estimate of drug-likeness (QED) is 0.699. The summed E-state index contributed by atoms with van der Waals surface area (Å²) in [7, 11) is 0.0857. The highest BCUT2D eigenvalue weighted by Crippen LogP contribution is 2.61. The monoisotopic (exact) mass is 236 g/mol. The van der Waals surface area contributed by atoms with Crippen molar-refractivity contribution in [3.05, 3.63) is 0 Å². The van der Waals surface area contributed by atoms with Crippen LogP contribution in [0.3, 0.4) is 0 Å². The Morgan fingerprint density at radius 2 is 2.00 bits per heavy atom. The molecule has 3 heteroatoms. The Kier molecular flexibility index (Phi) is 2.83. The first-order valence-electron chi connectivity index (χ1n) is 7.29. The van der Waals surface area contributed by atoms with Crippen LogP contribution in [0.1, 0.15) is 47.0 Å². The molecule has 4 rings (SSSR count). The Morgan fingerprint density at radius 3 is 2.65 bits per heavy atom. The molecular formula is C14H25BO2. The second kappa shape index (κ2) is 3.99. The highest BCUT2D eigenvalue weighted by molar-refractivity contribution is 6.45. The van der Waals surface area contributed by atoms with Crippen LogP contribution >= 0.6 is 0 Å². The molecule has 0 aromatic heterocycles. The van der Waals surface area contributed by atoms with Crippen molar-refractivity contribution in [2.75, 3.05) is 0 Å². The highest BCUT2D eigenvalue weighted by Gasteiger charge is 2.61. The lowest BCUT2D eigenvalue weighted by Gasteiger charge is -2.60. The maximum atomic E-state index is 6.18. The second-order valence-electron chi connectivity index (χ2n) is 7.27. The highest BCUT2D eigenvalue weighted by atomic mass is 16.7. The molecule has 4 atom stereocenters. The van der Waals surface area contributed by atoms with Crippen molar-refractivity contribution < 1.29 is 9.31 Å². The van der Waals surface area contributed by atoms with Gasteiger partial charge in [0.15, 0.2) is 0 Å². The molecule has 0 amide bonds. The topological polar surface area (TPSA) is 18.5 Å². The fraction of sp³-hybridized carbons (Fsp3) is 1.00. The lowest BCUT2D eigenvalue weighted by Crippen LogP contribution is -2.59. The molecule has 4 aliphatic rings. The van der Waals surface area contributed by atoms with Crippen LogP contribution in [0.2, 0.25) is 6.32 Å². The van der Waals surface area contributed by atoms with Crippen LogP contribution in [-0.2, 0) is 9.31 Å². The van der Waals surface area contributed by atoms with E-state index in [2.05, 4.69) is 27.7 Å². The Morgan fingerprint density at radius 1 is 1.24 bits per heavy atom. The third-order valence-electron chi connectivity index (χ3n) is 5.44. The van der Waals surface area contributed by atoms with Gasteiger partial charge in [-0.15, -0.1) is 0 Å². The molecule has 0 aromatic rings. The number of hydrogen-bond donors (Lipinski definition) is 0. The van der Waals surface area contributed by atoms with Gasteiger partial charge >= 0.3 is 7.12 Å². The van der Waals surface area contributed by atoms with Gasteiger partial charge in [0.1, 0.15) is 0 Å². The molecule has 96 valence electrons. The summed E-state index contributed by atoms with van der Waals surface area (Å²) >= 11 is 0. The van der Waals surface area contributed by atoms with E-state index in [9.17, 15) is 0 Å². The first-order valence-corrected chi connectivity index (χ1v) is 7.29. The van der Waals surface area contributed by atoms with Gasteiger partial charge in [0.2, 0.25) is 0 Å². The van der Waals surface area contributed by atoms with Crippen molar-refractivity contribution in [2.24, 2.45) is 23.2 Å². The minimum absolute atomic E-state index is 0.0857. The lowest BCUT2D eigenvalue weighted by atomic mass is 9.47. The molecule has 17 heavy (non-hydrogen) atoms. The van der Waals surface area contributed by atoms with Gasteiger partial charge in [-0.1, -0.05) is 34.1 Å². The van der Waals surface area contributed by atoms with E-state index >= 15 is 0 Å². The van der Waals surface area contributed by atoms with Gasteiger partial charge in [-0.3, -0.25) is 0 Å². The average Bonchev–Trinajstić information content (AvgIpc) is 2.68. The molecule has 0 spiro atoms. The molecule has 0 aromatic carbocycles. The summed E-state index contributed by atoms with van der Waals surface area (Å²) in [6, 6.07) is 0. The smallest absolute Gasteiger partial charge is 0.406 e. The first kappa shape index (κ1) is 12.0. The molecule has 0 N–H and O–H groups in total. The summed E-state index contributed by atoms with van der Waals surface area (Å²) in [6.07, 6.45) is 5.68. The maximum absolute atomic E-state index is 6.18. The van der Waals surface area contributed by atoms with E-state index in [1.54, 1.807) is 0 Å². The molecule has 3 saturated carbocycles. The maximum Gasteiger partial charge on any atom is 0.457 e. The third kappa shape index (κ3) is 1.86. The van der Waals surface area contributed by atoms with Gasteiger partial charge in [-0.05, 0) is 42.3 Å². The fourth-order valence-electron chi connectivity index (χ4n) is 4.01. The standard InChI is InChI=1S/C14H25BO2/c1-9(2)5-6-15-16-12-8-10-7-11(13(12)17-15)14(10,3)4/h9-13H,5-8H2,1-4H3/t10-,11+,12+,13-/m0/s1. The van der Waals surface area contributed by atoms with Crippen LogP contribution in [0.5, 0.6) is 0 Å². The third-order valence-corrected chi connectivity index (χ3v) is 5.44. The van der Waals surface area contributed by atoms with Crippen molar-refractivity contribution in [3.63, 3.8) is 0 Å². The van der Waals surface area contributed by atoms with Gasteiger partial charge in [0, 0.05) is 0 Å². The van der Waals surface area contributed by atoms with Gasteiger partial charge < -0.3 is 9.31 Å². The van der Waals surface area contributed by atoms with Crippen LogP contribution < -0.4 is 0 Å². The molecule has 1 heterocycles. The van der Waals surface area contributed by atoms with Crippen LogP contribution in [0.25, 0.3) is 0 Å². The van der Waals surface area contributed by atoms with Crippen LogP contribution in [0, 0.1) is 23.2 Å². The molecule has 2 bridgehead atoms.